The summed E-state index contributed by atoms with van der Waals surface area (Å²) in [4.78, 5) is 28.4. The second kappa shape index (κ2) is 8.97. The molecule has 7 rings (SSSR count). The van der Waals surface area contributed by atoms with Crippen molar-refractivity contribution in [1.29, 1.82) is 0 Å². The number of nitrogens with one attached hydrogen (secondary N) is 3. The molecule has 1 saturated carbocycles. The molecule has 196 valence electrons. The fourth-order valence-electron chi connectivity index (χ4n) is 5.35. The molecular formula is C30H30N8O. The Morgan fingerprint density at radius 1 is 1.13 bits per heavy atom. The number of anilines is 4. The molecule has 5 aromatic rings. The Labute approximate surface area is 226 Å². The monoisotopic (exact) mass is 518 g/mol. The van der Waals surface area contributed by atoms with Gasteiger partial charge in [0, 0.05) is 54.4 Å². The summed E-state index contributed by atoms with van der Waals surface area (Å²) in [5.41, 5.74) is 8.33. The molecule has 2 aliphatic rings. The third-order valence-electron chi connectivity index (χ3n) is 7.78. The molecule has 9 heteroatoms. The maximum atomic E-state index is 13.7. The molecule has 1 fully saturated rings. The highest BCUT2D eigenvalue weighted by molar-refractivity contribution is 6.17. The molecule has 0 spiro atoms. The first-order valence-electron chi connectivity index (χ1n) is 13.4. The average molecular weight is 519 g/mol. The fourth-order valence-corrected chi connectivity index (χ4v) is 5.35. The van der Waals surface area contributed by atoms with Crippen molar-refractivity contribution in [3.63, 3.8) is 0 Å². The number of hydrogen-bond acceptors (Lipinski definition) is 6. The highest BCUT2D eigenvalue weighted by Crippen LogP contribution is 2.39. The Hall–Kier alpha value is -4.66. The van der Waals surface area contributed by atoms with Crippen molar-refractivity contribution in [2.45, 2.75) is 33.2 Å². The van der Waals surface area contributed by atoms with Gasteiger partial charge in [0.05, 0.1) is 29.0 Å². The zero-order valence-electron chi connectivity index (χ0n) is 22.2. The molecule has 39 heavy (non-hydrogen) atoms. The van der Waals surface area contributed by atoms with Gasteiger partial charge in [0.15, 0.2) is 5.82 Å². The number of fused-ring (bicyclic) bond motifs is 2. The third-order valence-corrected chi connectivity index (χ3v) is 7.78. The van der Waals surface area contributed by atoms with Crippen LogP contribution in [0.3, 0.4) is 0 Å². The van der Waals surface area contributed by atoms with Gasteiger partial charge in [0.1, 0.15) is 0 Å². The minimum Gasteiger partial charge on any atom is -0.384 e. The van der Waals surface area contributed by atoms with Gasteiger partial charge in [-0.05, 0) is 55.9 Å². The van der Waals surface area contributed by atoms with E-state index in [0.29, 0.717) is 18.3 Å². The van der Waals surface area contributed by atoms with E-state index in [1.54, 1.807) is 0 Å². The van der Waals surface area contributed by atoms with E-state index < -0.39 is 0 Å². The Bertz CT molecular complexity index is 1730. The number of rotatable bonds is 7. The average Bonchev–Trinajstić information content (AvgIpc) is 3.44. The maximum Gasteiger partial charge on any atom is 0.261 e. The number of H-pyrrole nitrogens is 1. The van der Waals surface area contributed by atoms with Gasteiger partial charge in [0.25, 0.3) is 5.91 Å². The van der Waals surface area contributed by atoms with Crippen LogP contribution in [0.2, 0.25) is 0 Å². The van der Waals surface area contributed by atoms with E-state index in [1.165, 1.54) is 12.8 Å². The number of aromatic nitrogens is 5. The highest BCUT2D eigenvalue weighted by Gasteiger charge is 2.33. The van der Waals surface area contributed by atoms with Crippen LogP contribution in [-0.2, 0) is 13.6 Å². The van der Waals surface area contributed by atoms with E-state index in [2.05, 4.69) is 37.8 Å². The predicted molar refractivity (Wildman–Crippen MR) is 153 cm³/mol. The molecule has 0 unspecified atom stereocenters. The molecular weight excluding hydrogens is 488 g/mol. The Morgan fingerprint density at radius 2 is 1.97 bits per heavy atom. The van der Waals surface area contributed by atoms with E-state index in [0.717, 1.165) is 68.4 Å². The van der Waals surface area contributed by atoms with Crippen molar-refractivity contribution in [2.24, 2.45) is 13.0 Å². The van der Waals surface area contributed by atoms with Gasteiger partial charge in [0.2, 0.25) is 5.95 Å². The van der Waals surface area contributed by atoms with Crippen molar-refractivity contribution >= 4 is 40.0 Å². The number of amides is 1. The van der Waals surface area contributed by atoms with Gasteiger partial charge in [-0.1, -0.05) is 24.3 Å². The van der Waals surface area contributed by atoms with Crippen LogP contribution in [0.4, 0.5) is 23.1 Å². The van der Waals surface area contributed by atoms with E-state index in [4.69, 9.17) is 4.98 Å². The Morgan fingerprint density at radius 3 is 2.77 bits per heavy atom. The number of hydrogen-bond donors (Lipinski definition) is 3. The fraction of sp³-hybridized carbons (Fsp3) is 0.267. The number of benzene rings is 2. The smallest absolute Gasteiger partial charge is 0.261 e. The number of aryl methyl sites for hydroxylation is 3. The van der Waals surface area contributed by atoms with Gasteiger partial charge in [-0.3, -0.25) is 9.48 Å². The standard InChI is InChI=1S/C30H30N8O/c1-17-13-33-30(34-25-12-18(2)37(3)36-25)35-27(17)22-15-32-28-21(22)7-5-9-24(28)38-16-20-6-4-8-23(26(20)29(38)39)31-14-19-10-11-19/h4-9,12-13,15,19,31-32H,10-11,14,16H2,1-3H3,(H,33,34,35,36). The van der Waals surface area contributed by atoms with E-state index in [9.17, 15) is 4.79 Å². The highest BCUT2D eigenvalue weighted by atomic mass is 16.2. The van der Waals surface area contributed by atoms with Gasteiger partial charge in [-0.2, -0.15) is 5.10 Å². The molecule has 0 bridgehead atoms. The Balaban J connectivity index is 1.22. The zero-order valence-corrected chi connectivity index (χ0v) is 22.2. The number of para-hydroxylation sites is 1. The summed E-state index contributed by atoms with van der Waals surface area (Å²) in [6.45, 7) is 5.47. The summed E-state index contributed by atoms with van der Waals surface area (Å²) in [6.07, 6.45) is 6.32. The number of carbonyl (C=O) groups excluding carboxylic acids is 1. The predicted octanol–water partition coefficient (Wildman–Crippen LogP) is 5.70. The number of nitrogens with zero attached hydrogens (tertiary/aromatic N) is 5. The van der Waals surface area contributed by atoms with Gasteiger partial charge in [-0.25, -0.2) is 9.97 Å². The van der Waals surface area contributed by atoms with Gasteiger partial charge in [-0.15, -0.1) is 0 Å². The summed E-state index contributed by atoms with van der Waals surface area (Å²) in [5.74, 6) is 1.94. The van der Waals surface area contributed by atoms with Crippen LogP contribution >= 0.6 is 0 Å². The lowest BCUT2D eigenvalue weighted by Crippen LogP contribution is -2.23. The third kappa shape index (κ3) is 4.10. The molecule has 3 N–H and O–H groups in total. The van der Waals surface area contributed by atoms with Crippen molar-refractivity contribution in [2.75, 3.05) is 22.1 Å². The van der Waals surface area contributed by atoms with Crippen LogP contribution in [0.25, 0.3) is 22.2 Å². The summed E-state index contributed by atoms with van der Waals surface area (Å²) in [5, 5.41) is 12.2. The van der Waals surface area contributed by atoms with Crippen LogP contribution in [0.5, 0.6) is 0 Å². The first-order valence-corrected chi connectivity index (χ1v) is 13.4. The molecule has 9 nitrogen and oxygen atoms in total. The van der Waals surface area contributed by atoms with Crippen molar-refractivity contribution in [1.82, 2.24) is 24.7 Å². The molecule has 0 atom stereocenters. The molecule has 4 heterocycles. The lowest BCUT2D eigenvalue weighted by molar-refractivity contribution is 0.0997. The SMILES string of the molecule is Cc1cnc(Nc2cc(C)n(C)n2)nc1-c1c[nH]c2c(N3Cc4cccc(NCC5CC5)c4C3=O)cccc12. The largest absolute Gasteiger partial charge is 0.384 e. The number of carbonyl (C=O) groups is 1. The maximum absolute atomic E-state index is 13.7. The lowest BCUT2D eigenvalue weighted by Gasteiger charge is -2.17. The van der Waals surface area contributed by atoms with E-state index >= 15 is 0 Å². The summed E-state index contributed by atoms with van der Waals surface area (Å²) in [7, 11) is 1.90. The topological polar surface area (TPSA) is 104 Å². The first-order chi connectivity index (χ1) is 19.0. The summed E-state index contributed by atoms with van der Waals surface area (Å²) in [6, 6.07) is 14.1. The summed E-state index contributed by atoms with van der Waals surface area (Å²) >= 11 is 0. The van der Waals surface area contributed by atoms with Crippen LogP contribution in [-0.4, -0.2) is 37.2 Å². The molecule has 1 aliphatic heterocycles. The second-order valence-corrected chi connectivity index (χ2v) is 10.6. The zero-order chi connectivity index (χ0) is 26.7. The number of aromatic amines is 1. The van der Waals surface area contributed by atoms with Crippen LogP contribution < -0.4 is 15.5 Å². The van der Waals surface area contributed by atoms with Crippen LogP contribution in [0.15, 0.2) is 54.9 Å². The van der Waals surface area contributed by atoms with Crippen LogP contribution in [0, 0.1) is 19.8 Å². The first kappa shape index (κ1) is 23.5. The molecule has 0 saturated heterocycles. The normalized spacial score (nSPS) is 14.7. The minimum atomic E-state index is 0.0305. The second-order valence-electron chi connectivity index (χ2n) is 10.6. The molecule has 1 amide bonds. The van der Waals surface area contributed by atoms with Crippen molar-refractivity contribution < 1.29 is 4.79 Å². The minimum absolute atomic E-state index is 0.0305. The van der Waals surface area contributed by atoms with Crippen LogP contribution in [0.1, 0.15) is 40.0 Å². The van der Waals surface area contributed by atoms with Gasteiger partial charge < -0.3 is 20.5 Å². The lowest BCUT2D eigenvalue weighted by atomic mass is 10.1. The molecule has 2 aromatic carbocycles. The van der Waals surface area contributed by atoms with E-state index in [1.807, 2.05) is 73.2 Å². The van der Waals surface area contributed by atoms with Crippen molar-refractivity contribution in [3.8, 4) is 11.3 Å². The summed E-state index contributed by atoms with van der Waals surface area (Å²) < 4.78 is 1.81. The Kier molecular flexibility index (Phi) is 5.40. The van der Waals surface area contributed by atoms with Crippen molar-refractivity contribution in [3.05, 3.63) is 77.2 Å². The molecule has 0 radical (unpaired) electrons. The van der Waals surface area contributed by atoms with Gasteiger partial charge >= 0.3 is 0 Å². The molecule has 3 aromatic heterocycles. The quantitative estimate of drug-likeness (QED) is 0.255. The van der Waals surface area contributed by atoms with E-state index in [-0.39, 0.29) is 5.91 Å². The molecule has 1 aliphatic carbocycles.